The Kier molecular flexibility index (Phi) is 6.21. The number of hydrogen-bond donors (Lipinski definition) is 1. The molecule has 0 spiro atoms. The average molecular weight is 342 g/mol. The van der Waals surface area contributed by atoms with Crippen LogP contribution in [-0.2, 0) is 23.2 Å². The molecule has 25 heavy (non-hydrogen) atoms. The predicted molar refractivity (Wildman–Crippen MR) is 98.0 cm³/mol. The average Bonchev–Trinajstić information content (AvgIpc) is 2.61. The highest BCUT2D eigenvalue weighted by molar-refractivity contribution is 5.90. The van der Waals surface area contributed by atoms with Crippen molar-refractivity contribution >= 4 is 5.97 Å². The largest absolute Gasteiger partial charge is 0.496 e. The third-order valence-corrected chi connectivity index (χ3v) is 4.07. The number of methoxy groups -OCH3 is 1. The normalized spacial score (nSPS) is 11.2. The van der Waals surface area contributed by atoms with Crippen LogP contribution in [0.25, 0.3) is 0 Å². The molecule has 1 N–H and O–H groups in total. The quantitative estimate of drug-likeness (QED) is 0.809. The maximum absolute atomic E-state index is 12.3. The van der Waals surface area contributed by atoms with Crippen LogP contribution in [0.4, 0.5) is 0 Å². The topological polar surface area (TPSA) is 55.8 Å². The number of rotatable bonds is 6. The monoisotopic (exact) mass is 342 g/mol. The molecule has 0 saturated heterocycles. The van der Waals surface area contributed by atoms with Crippen molar-refractivity contribution in [2.24, 2.45) is 0 Å². The first-order chi connectivity index (χ1) is 11.8. The van der Waals surface area contributed by atoms with Crippen LogP contribution in [0.2, 0.25) is 0 Å². The SMILES string of the molecule is COc1ccc(C(=O)OCCc2ccc(CO)cc2)cc1C(C)(C)C. The van der Waals surface area contributed by atoms with Crippen molar-refractivity contribution in [1.29, 1.82) is 0 Å². The molecule has 0 fully saturated rings. The Labute approximate surface area is 149 Å². The Balaban J connectivity index is 2.00. The van der Waals surface area contributed by atoms with Gasteiger partial charge in [0.1, 0.15) is 5.75 Å². The summed E-state index contributed by atoms with van der Waals surface area (Å²) in [7, 11) is 1.63. The van der Waals surface area contributed by atoms with Crippen molar-refractivity contribution in [3.8, 4) is 5.75 Å². The first-order valence-corrected chi connectivity index (χ1v) is 8.39. The van der Waals surface area contributed by atoms with Crippen LogP contribution >= 0.6 is 0 Å². The molecule has 134 valence electrons. The van der Waals surface area contributed by atoms with Crippen molar-refractivity contribution in [1.82, 2.24) is 0 Å². The summed E-state index contributed by atoms with van der Waals surface area (Å²) in [6.45, 7) is 6.58. The van der Waals surface area contributed by atoms with Crippen LogP contribution in [0.3, 0.4) is 0 Å². The minimum Gasteiger partial charge on any atom is -0.496 e. The number of carbonyl (C=O) groups excluding carboxylic acids is 1. The van der Waals surface area contributed by atoms with E-state index >= 15 is 0 Å². The second-order valence-electron chi connectivity index (χ2n) is 7.03. The molecule has 0 radical (unpaired) electrons. The molecule has 4 heteroatoms. The molecule has 0 amide bonds. The third-order valence-electron chi connectivity index (χ3n) is 4.07. The number of esters is 1. The van der Waals surface area contributed by atoms with Gasteiger partial charge in [0.2, 0.25) is 0 Å². The van der Waals surface area contributed by atoms with Gasteiger partial charge in [-0.05, 0) is 34.7 Å². The summed E-state index contributed by atoms with van der Waals surface area (Å²) in [5.41, 5.74) is 3.31. The zero-order chi connectivity index (χ0) is 18.4. The lowest BCUT2D eigenvalue weighted by Gasteiger charge is -2.22. The highest BCUT2D eigenvalue weighted by atomic mass is 16.5. The molecule has 2 rings (SSSR count). The van der Waals surface area contributed by atoms with E-state index in [1.165, 1.54) is 0 Å². The minimum absolute atomic E-state index is 0.0306. The first-order valence-electron chi connectivity index (χ1n) is 8.39. The van der Waals surface area contributed by atoms with Gasteiger partial charge in [-0.2, -0.15) is 0 Å². The van der Waals surface area contributed by atoms with Gasteiger partial charge in [-0.3, -0.25) is 0 Å². The second-order valence-corrected chi connectivity index (χ2v) is 7.03. The molecule has 2 aromatic rings. The van der Waals surface area contributed by atoms with Crippen molar-refractivity contribution in [2.45, 2.75) is 39.2 Å². The Morgan fingerprint density at radius 1 is 1.04 bits per heavy atom. The van der Waals surface area contributed by atoms with Crippen LogP contribution in [0.5, 0.6) is 5.75 Å². The summed E-state index contributed by atoms with van der Waals surface area (Å²) >= 11 is 0. The van der Waals surface area contributed by atoms with Gasteiger partial charge in [-0.25, -0.2) is 4.79 Å². The summed E-state index contributed by atoms with van der Waals surface area (Å²) < 4.78 is 10.8. The van der Waals surface area contributed by atoms with E-state index in [9.17, 15) is 4.79 Å². The molecule has 0 aliphatic rings. The van der Waals surface area contributed by atoms with Gasteiger partial charge < -0.3 is 14.6 Å². The highest BCUT2D eigenvalue weighted by Crippen LogP contribution is 2.32. The van der Waals surface area contributed by atoms with Crippen LogP contribution in [0, 0.1) is 0 Å². The number of benzene rings is 2. The van der Waals surface area contributed by atoms with Crippen LogP contribution in [0.15, 0.2) is 42.5 Å². The molecule has 4 nitrogen and oxygen atoms in total. The first kappa shape index (κ1) is 19.0. The molecule has 0 atom stereocenters. The fourth-order valence-electron chi connectivity index (χ4n) is 2.58. The molecular formula is C21H26O4. The molecule has 0 aliphatic carbocycles. The summed E-state index contributed by atoms with van der Waals surface area (Å²) in [5.74, 6) is 0.438. The van der Waals surface area contributed by atoms with E-state index in [2.05, 4.69) is 20.8 Å². The highest BCUT2D eigenvalue weighted by Gasteiger charge is 2.21. The lowest BCUT2D eigenvalue weighted by molar-refractivity contribution is 0.0509. The smallest absolute Gasteiger partial charge is 0.338 e. The van der Waals surface area contributed by atoms with Crippen molar-refractivity contribution < 1.29 is 19.4 Å². The molecular weight excluding hydrogens is 316 g/mol. The molecule has 0 aliphatic heterocycles. The van der Waals surface area contributed by atoms with Crippen molar-refractivity contribution in [3.05, 3.63) is 64.7 Å². The van der Waals surface area contributed by atoms with E-state index in [-0.39, 0.29) is 18.0 Å². The number of aliphatic hydroxyl groups is 1. The van der Waals surface area contributed by atoms with Crippen LogP contribution in [-0.4, -0.2) is 24.8 Å². The van der Waals surface area contributed by atoms with Crippen LogP contribution in [0.1, 0.15) is 47.8 Å². The van der Waals surface area contributed by atoms with Gasteiger partial charge >= 0.3 is 5.97 Å². The number of ether oxygens (including phenoxy) is 2. The predicted octanol–water partition coefficient (Wildman–Crippen LogP) is 3.88. The van der Waals surface area contributed by atoms with Gasteiger partial charge in [-0.1, -0.05) is 45.0 Å². The molecule has 0 aromatic heterocycles. The maximum atomic E-state index is 12.3. The zero-order valence-corrected chi connectivity index (χ0v) is 15.3. The van der Waals surface area contributed by atoms with E-state index in [1.807, 2.05) is 36.4 Å². The summed E-state index contributed by atoms with van der Waals surface area (Å²) in [4.78, 5) is 12.3. The summed E-state index contributed by atoms with van der Waals surface area (Å²) in [5, 5.41) is 9.04. The van der Waals surface area contributed by atoms with E-state index in [0.717, 1.165) is 22.4 Å². The molecule has 0 bridgehead atoms. The Bertz CT molecular complexity index is 712. The standard InChI is InChI=1S/C21H26O4/c1-21(2,3)18-13-17(9-10-19(18)24-4)20(23)25-12-11-15-5-7-16(14-22)8-6-15/h5-10,13,22H,11-12,14H2,1-4H3. The van der Waals surface area contributed by atoms with Gasteiger partial charge in [0, 0.05) is 12.0 Å². The van der Waals surface area contributed by atoms with Crippen molar-refractivity contribution in [3.63, 3.8) is 0 Å². The minimum atomic E-state index is -0.333. The second kappa shape index (κ2) is 8.17. The van der Waals surface area contributed by atoms with Crippen LogP contribution < -0.4 is 4.74 Å². The van der Waals surface area contributed by atoms with E-state index in [4.69, 9.17) is 14.6 Å². The Hall–Kier alpha value is -2.33. The van der Waals surface area contributed by atoms with Gasteiger partial charge in [0.25, 0.3) is 0 Å². The lowest BCUT2D eigenvalue weighted by Crippen LogP contribution is -2.15. The summed E-state index contributed by atoms with van der Waals surface area (Å²) in [6, 6.07) is 13.0. The molecule has 0 unspecified atom stereocenters. The maximum Gasteiger partial charge on any atom is 0.338 e. The molecule has 0 heterocycles. The molecule has 0 saturated carbocycles. The van der Waals surface area contributed by atoms with Gasteiger partial charge in [0.15, 0.2) is 0 Å². The fourth-order valence-corrected chi connectivity index (χ4v) is 2.58. The Morgan fingerprint density at radius 2 is 1.68 bits per heavy atom. The molecule has 2 aromatic carbocycles. The number of hydrogen-bond acceptors (Lipinski definition) is 4. The Morgan fingerprint density at radius 3 is 2.24 bits per heavy atom. The zero-order valence-electron chi connectivity index (χ0n) is 15.3. The van der Waals surface area contributed by atoms with E-state index < -0.39 is 0 Å². The van der Waals surface area contributed by atoms with Crippen molar-refractivity contribution in [2.75, 3.05) is 13.7 Å². The number of aliphatic hydroxyl groups excluding tert-OH is 1. The van der Waals surface area contributed by atoms with Gasteiger partial charge in [0.05, 0.1) is 25.9 Å². The van der Waals surface area contributed by atoms with E-state index in [1.54, 1.807) is 13.2 Å². The van der Waals surface area contributed by atoms with Gasteiger partial charge in [-0.15, -0.1) is 0 Å². The number of carbonyl (C=O) groups is 1. The third kappa shape index (κ3) is 5.07. The summed E-state index contributed by atoms with van der Waals surface area (Å²) in [6.07, 6.45) is 0.639. The fraction of sp³-hybridized carbons (Fsp3) is 0.381. The lowest BCUT2D eigenvalue weighted by atomic mass is 9.85. The van der Waals surface area contributed by atoms with E-state index in [0.29, 0.717) is 18.6 Å².